The van der Waals surface area contributed by atoms with Crippen molar-refractivity contribution in [1.29, 1.82) is 0 Å². The Morgan fingerprint density at radius 3 is 2.46 bits per heavy atom. The molecule has 3 atom stereocenters. The Bertz CT molecular complexity index is 1540. The number of likely N-dealkylation sites (tertiary alicyclic amines) is 1. The first-order valence-corrected chi connectivity index (χ1v) is 13.0. The van der Waals surface area contributed by atoms with Gasteiger partial charge < -0.3 is 15.4 Å². The molecule has 1 saturated heterocycles. The molecule has 1 amide bonds. The van der Waals surface area contributed by atoms with Gasteiger partial charge in [-0.05, 0) is 56.7 Å². The summed E-state index contributed by atoms with van der Waals surface area (Å²) in [6.07, 6.45) is 4.87. The van der Waals surface area contributed by atoms with E-state index < -0.39 is 5.54 Å². The number of carbonyl (C=O) groups excluding carboxylic acids is 1. The monoisotopic (exact) mass is 547 g/mol. The van der Waals surface area contributed by atoms with Crippen molar-refractivity contribution in [3.8, 4) is 23.1 Å². The fraction of sp³-hybridized carbons (Fsp3) is 0.321. The third-order valence-corrected chi connectivity index (χ3v) is 7.67. The van der Waals surface area contributed by atoms with Crippen molar-refractivity contribution in [1.82, 2.24) is 29.6 Å². The van der Waals surface area contributed by atoms with Gasteiger partial charge in [-0.25, -0.2) is 24.0 Å². The van der Waals surface area contributed by atoms with Crippen LogP contribution >= 0.6 is 11.6 Å². The number of benzene rings is 1. The molecule has 0 bridgehead atoms. The lowest BCUT2D eigenvalue weighted by molar-refractivity contribution is 0.0751. The van der Waals surface area contributed by atoms with Crippen LogP contribution in [0, 0.1) is 24.6 Å². The second kappa shape index (κ2) is 9.39. The number of nitrogens with zero attached hydrogens (tertiary/aromatic N) is 6. The van der Waals surface area contributed by atoms with Gasteiger partial charge in [-0.15, -0.1) is 0 Å². The number of aromatic nitrogens is 5. The van der Waals surface area contributed by atoms with Crippen LogP contribution in [-0.4, -0.2) is 54.7 Å². The maximum absolute atomic E-state index is 13.5. The number of hydrogen-bond donors (Lipinski definition) is 1. The lowest BCUT2D eigenvalue weighted by atomic mass is 9.94. The minimum Gasteiger partial charge on any atom is -0.474 e. The van der Waals surface area contributed by atoms with E-state index in [2.05, 4.69) is 20.1 Å². The summed E-state index contributed by atoms with van der Waals surface area (Å²) >= 11 is 6.70. The normalized spacial score (nSPS) is 20.2. The van der Waals surface area contributed by atoms with Crippen molar-refractivity contribution >= 4 is 17.5 Å². The van der Waals surface area contributed by atoms with Gasteiger partial charge in [0.2, 0.25) is 11.8 Å². The molecule has 4 aromatic rings. The number of aryl methyl sites for hydroxylation is 1. The van der Waals surface area contributed by atoms with Crippen molar-refractivity contribution in [2.24, 2.45) is 17.6 Å². The average Bonchev–Trinajstić information content (AvgIpc) is 3.22. The van der Waals surface area contributed by atoms with E-state index >= 15 is 0 Å². The average molecular weight is 548 g/mol. The number of halogens is 2. The van der Waals surface area contributed by atoms with Crippen LogP contribution in [0.5, 0.6) is 5.88 Å². The van der Waals surface area contributed by atoms with Crippen molar-refractivity contribution in [2.75, 3.05) is 13.1 Å². The van der Waals surface area contributed by atoms with Crippen LogP contribution in [0.3, 0.4) is 0 Å². The first-order chi connectivity index (χ1) is 18.6. The van der Waals surface area contributed by atoms with E-state index in [1.54, 1.807) is 49.8 Å². The fourth-order valence-electron chi connectivity index (χ4n) is 5.14. The van der Waals surface area contributed by atoms with E-state index in [9.17, 15) is 9.18 Å². The number of nitrogens with two attached hydrogens (primary N) is 1. The van der Waals surface area contributed by atoms with E-state index in [-0.39, 0.29) is 29.7 Å². The molecule has 200 valence electrons. The summed E-state index contributed by atoms with van der Waals surface area (Å²) in [7, 11) is 0. The highest BCUT2D eigenvalue weighted by Crippen LogP contribution is 2.49. The smallest absolute Gasteiger partial charge is 0.257 e. The molecule has 2 N–H and O–H groups in total. The van der Waals surface area contributed by atoms with Crippen LogP contribution < -0.4 is 10.5 Å². The number of piperidine rings is 1. The van der Waals surface area contributed by atoms with E-state index in [0.717, 1.165) is 0 Å². The summed E-state index contributed by atoms with van der Waals surface area (Å²) in [5, 5.41) is 4.83. The van der Waals surface area contributed by atoms with Gasteiger partial charge in [0, 0.05) is 60.7 Å². The molecule has 2 fully saturated rings. The van der Waals surface area contributed by atoms with Crippen LogP contribution in [0.15, 0.2) is 55.0 Å². The van der Waals surface area contributed by atoms with Gasteiger partial charge in [-0.1, -0.05) is 11.6 Å². The molecule has 6 rings (SSSR count). The maximum Gasteiger partial charge on any atom is 0.257 e. The molecular weight excluding hydrogens is 521 g/mol. The molecule has 39 heavy (non-hydrogen) atoms. The van der Waals surface area contributed by atoms with Gasteiger partial charge >= 0.3 is 0 Å². The Morgan fingerprint density at radius 2 is 1.82 bits per heavy atom. The molecule has 1 saturated carbocycles. The molecular formula is C28H27ClFN7O2. The SMILES string of the molecule is Cc1nn(-c2ncccn2)cc1C(=O)N1CC2[C@@H](C1)[C@@H]2Oc1cc(C(C)(C)N)c(Cl)c(-c2ccc(F)cc2)n1. The fourth-order valence-corrected chi connectivity index (χ4v) is 5.59. The Hall–Kier alpha value is -3.89. The second-order valence-electron chi connectivity index (χ2n) is 10.6. The Labute approximate surface area is 229 Å². The van der Waals surface area contributed by atoms with Crippen LogP contribution in [0.25, 0.3) is 17.2 Å². The standard InChI is InChI=1S/C28H27ClFN7O2/c1-15-18(14-37(35-15)27-32-9-4-10-33-27)26(38)36-12-19-20(13-36)25(19)39-22-11-21(28(2,3)31)23(29)24(34-22)16-5-7-17(30)8-6-16/h4-11,14,19-20,25H,12-13,31H2,1-3H3/t19-,20?,25+/m1/s1. The Kier molecular flexibility index (Phi) is 6.11. The highest BCUT2D eigenvalue weighted by Gasteiger charge is 2.59. The lowest BCUT2D eigenvalue weighted by Gasteiger charge is -2.24. The number of pyridine rings is 1. The molecule has 11 heteroatoms. The van der Waals surface area contributed by atoms with Crippen molar-refractivity contribution < 1.29 is 13.9 Å². The molecule has 4 heterocycles. The third kappa shape index (κ3) is 4.74. The van der Waals surface area contributed by atoms with Crippen molar-refractivity contribution in [2.45, 2.75) is 32.4 Å². The Balaban J connectivity index is 1.18. The number of carbonyl (C=O) groups is 1. The number of hydrogen-bond acceptors (Lipinski definition) is 7. The first kappa shape index (κ1) is 25.4. The molecule has 3 aromatic heterocycles. The zero-order valence-electron chi connectivity index (χ0n) is 21.7. The van der Waals surface area contributed by atoms with Crippen molar-refractivity contribution in [3.63, 3.8) is 0 Å². The summed E-state index contributed by atoms with van der Waals surface area (Å²) in [6.45, 7) is 6.67. The third-order valence-electron chi connectivity index (χ3n) is 7.29. The molecule has 1 aromatic carbocycles. The highest BCUT2D eigenvalue weighted by molar-refractivity contribution is 6.34. The second-order valence-corrected chi connectivity index (χ2v) is 11.0. The largest absolute Gasteiger partial charge is 0.474 e. The van der Waals surface area contributed by atoms with Gasteiger partial charge in [0.15, 0.2) is 0 Å². The predicted octanol–water partition coefficient (Wildman–Crippen LogP) is 4.17. The van der Waals surface area contributed by atoms with Gasteiger partial charge in [0.05, 0.1) is 22.0 Å². The summed E-state index contributed by atoms with van der Waals surface area (Å²) in [5.74, 6) is 0.793. The zero-order valence-corrected chi connectivity index (χ0v) is 22.4. The zero-order chi connectivity index (χ0) is 27.5. The van der Waals surface area contributed by atoms with E-state index in [0.29, 0.717) is 58.0 Å². The number of rotatable bonds is 6. The summed E-state index contributed by atoms with van der Waals surface area (Å²) in [5.41, 5.74) is 8.65. The lowest BCUT2D eigenvalue weighted by Crippen LogP contribution is -2.33. The van der Waals surface area contributed by atoms with Crippen molar-refractivity contribution in [3.05, 3.63) is 82.6 Å². The molecule has 1 aliphatic heterocycles. The van der Waals surface area contributed by atoms with Gasteiger partial charge in [-0.3, -0.25) is 4.79 Å². The highest BCUT2D eigenvalue weighted by atomic mass is 35.5. The minimum atomic E-state index is -0.747. The molecule has 0 radical (unpaired) electrons. The van der Waals surface area contributed by atoms with Crippen LogP contribution in [-0.2, 0) is 5.54 Å². The van der Waals surface area contributed by atoms with E-state index in [1.807, 2.05) is 18.7 Å². The van der Waals surface area contributed by atoms with Gasteiger partial charge in [0.1, 0.15) is 11.9 Å². The minimum absolute atomic E-state index is 0.0703. The molecule has 1 aliphatic carbocycles. The first-order valence-electron chi connectivity index (χ1n) is 12.7. The van der Waals surface area contributed by atoms with Crippen LogP contribution in [0.1, 0.15) is 35.5 Å². The van der Waals surface area contributed by atoms with Gasteiger partial charge in [0.25, 0.3) is 5.91 Å². The number of amides is 1. The maximum atomic E-state index is 13.5. The number of fused-ring (bicyclic) bond motifs is 1. The predicted molar refractivity (Wildman–Crippen MR) is 143 cm³/mol. The van der Waals surface area contributed by atoms with Gasteiger partial charge in [-0.2, -0.15) is 5.10 Å². The summed E-state index contributed by atoms with van der Waals surface area (Å²) < 4.78 is 21.4. The molecule has 2 aliphatic rings. The Morgan fingerprint density at radius 1 is 1.15 bits per heavy atom. The molecule has 1 unspecified atom stereocenters. The van der Waals surface area contributed by atoms with Crippen LogP contribution in [0.4, 0.5) is 4.39 Å². The summed E-state index contributed by atoms with van der Waals surface area (Å²) in [4.78, 5) is 28.2. The quantitative estimate of drug-likeness (QED) is 0.385. The van der Waals surface area contributed by atoms with E-state index in [1.165, 1.54) is 16.8 Å². The molecule has 9 nitrogen and oxygen atoms in total. The summed E-state index contributed by atoms with van der Waals surface area (Å²) in [6, 6.07) is 9.48. The van der Waals surface area contributed by atoms with E-state index in [4.69, 9.17) is 22.1 Å². The number of ether oxygens (including phenoxy) is 1. The topological polar surface area (TPSA) is 112 Å². The molecule has 0 spiro atoms. The van der Waals surface area contributed by atoms with Crippen LogP contribution in [0.2, 0.25) is 5.02 Å².